The molecule has 3 aliphatic rings. The van der Waals surface area contributed by atoms with Crippen molar-refractivity contribution in [1.82, 2.24) is 25.3 Å². The van der Waals surface area contributed by atoms with Crippen molar-refractivity contribution in [1.29, 1.82) is 0 Å². The molecule has 3 rings (SSSR count). The lowest BCUT2D eigenvalue weighted by atomic mass is 10.1. The van der Waals surface area contributed by atoms with Crippen LogP contribution >= 0.6 is 0 Å². The molecule has 0 radical (unpaired) electrons. The first-order valence-electron chi connectivity index (χ1n) is 9.85. The summed E-state index contributed by atoms with van der Waals surface area (Å²) in [6.45, 7) is 6.20. The number of rotatable bonds is 7. The number of nitrogens with one attached hydrogen (secondary N) is 2. The number of fused-ring (bicyclic) bond motifs is 1. The van der Waals surface area contributed by atoms with Gasteiger partial charge in [0.15, 0.2) is 0 Å². The standard InChI is InChI=1S/C18H31N5O4/c1-13(3-5-19-2)8-21-9-15-22(10-16(21)24)17(25)11-23(15)18(26)27-12-14-4-6-20-7-14/h13-15,19-20H,3-12H2,1-2H3. The molecule has 3 atom stereocenters. The fourth-order valence-corrected chi connectivity index (χ4v) is 3.96. The highest BCUT2D eigenvalue weighted by molar-refractivity contribution is 5.91. The van der Waals surface area contributed by atoms with E-state index in [0.29, 0.717) is 31.5 Å². The minimum Gasteiger partial charge on any atom is -0.449 e. The van der Waals surface area contributed by atoms with E-state index in [-0.39, 0.29) is 24.9 Å². The zero-order valence-corrected chi connectivity index (χ0v) is 16.3. The Morgan fingerprint density at radius 3 is 2.85 bits per heavy atom. The summed E-state index contributed by atoms with van der Waals surface area (Å²) in [7, 11) is 1.91. The first-order valence-corrected chi connectivity index (χ1v) is 9.85. The van der Waals surface area contributed by atoms with Gasteiger partial charge in [0.2, 0.25) is 11.8 Å². The second-order valence-electron chi connectivity index (χ2n) is 7.86. The van der Waals surface area contributed by atoms with Gasteiger partial charge in [0.05, 0.1) is 13.2 Å². The van der Waals surface area contributed by atoms with Crippen molar-refractivity contribution in [2.75, 3.05) is 59.5 Å². The molecule has 3 aliphatic heterocycles. The Morgan fingerprint density at radius 2 is 2.15 bits per heavy atom. The van der Waals surface area contributed by atoms with Gasteiger partial charge in [0.1, 0.15) is 19.3 Å². The van der Waals surface area contributed by atoms with Gasteiger partial charge < -0.3 is 25.2 Å². The molecule has 3 amide bonds. The Labute approximate surface area is 160 Å². The summed E-state index contributed by atoms with van der Waals surface area (Å²) >= 11 is 0. The number of piperazine rings is 1. The molecule has 3 saturated heterocycles. The lowest BCUT2D eigenvalue weighted by Crippen LogP contribution is -2.59. The summed E-state index contributed by atoms with van der Waals surface area (Å²) in [4.78, 5) is 42.0. The summed E-state index contributed by atoms with van der Waals surface area (Å²) in [5, 5.41) is 6.36. The smallest absolute Gasteiger partial charge is 0.411 e. The second kappa shape index (κ2) is 8.88. The third-order valence-corrected chi connectivity index (χ3v) is 5.65. The Bertz CT molecular complexity index is 566. The molecule has 0 saturated carbocycles. The van der Waals surface area contributed by atoms with Crippen LogP contribution in [0.2, 0.25) is 0 Å². The molecule has 9 nitrogen and oxygen atoms in total. The van der Waals surface area contributed by atoms with E-state index in [4.69, 9.17) is 4.74 Å². The molecule has 0 aliphatic carbocycles. The van der Waals surface area contributed by atoms with Gasteiger partial charge in [-0.15, -0.1) is 0 Å². The summed E-state index contributed by atoms with van der Waals surface area (Å²) in [6.07, 6.45) is 1.09. The highest BCUT2D eigenvalue weighted by Crippen LogP contribution is 2.23. The fraction of sp³-hybridized carbons (Fsp3) is 0.833. The minimum absolute atomic E-state index is 0.0111. The molecule has 9 heteroatoms. The number of carbonyl (C=O) groups excluding carboxylic acids is 3. The van der Waals surface area contributed by atoms with E-state index < -0.39 is 12.3 Å². The third-order valence-electron chi connectivity index (χ3n) is 5.65. The van der Waals surface area contributed by atoms with Gasteiger partial charge >= 0.3 is 6.09 Å². The van der Waals surface area contributed by atoms with Crippen LogP contribution in [-0.4, -0.2) is 98.2 Å². The van der Waals surface area contributed by atoms with Crippen LogP contribution in [0.1, 0.15) is 19.8 Å². The first-order chi connectivity index (χ1) is 13.0. The van der Waals surface area contributed by atoms with Gasteiger partial charge in [-0.25, -0.2) is 4.79 Å². The van der Waals surface area contributed by atoms with Gasteiger partial charge in [-0.3, -0.25) is 14.5 Å². The van der Waals surface area contributed by atoms with Crippen LogP contribution in [0, 0.1) is 11.8 Å². The molecule has 3 heterocycles. The highest BCUT2D eigenvalue weighted by atomic mass is 16.6. The number of carbonyl (C=O) groups is 3. The Hall–Kier alpha value is -1.87. The molecule has 0 aromatic rings. The number of hydrogen-bond donors (Lipinski definition) is 2. The van der Waals surface area contributed by atoms with Gasteiger partial charge in [-0.2, -0.15) is 0 Å². The molecule has 3 unspecified atom stereocenters. The third kappa shape index (κ3) is 4.70. The van der Waals surface area contributed by atoms with Crippen LogP contribution in [0.4, 0.5) is 4.79 Å². The molecule has 0 spiro atoms. The molecule has 0 aromatic heterocycles. The summed E-state index contributed by atoms with van der Waals surface area (Å²) < 4.78 is 5.46. The summed E-state index contributed by atoms with van der Waals surface area (Å²) in [5.74, 6) is 0.444. The Morgan fingerprint density at radius 1 is 1.33 bits per heavy atom. The topological polar surface area (TPSA) is 94.2 Å². The Kier molecular flexibility index (Phi) is 6.54. The Balaban J connectivity index is 1.58. The summed E-state index contributed by atoms with van der Waals surface area (Å²) in [5.41, 5.74) is 0. The zero-order valence-electron chi connectivity index (χ0n) is 16.3. The zero-order chi connectivity index (χ0) is 19.4. The molecular weight excluding hydrogens is 350 g/mol. The summed E-state index contributed by atoms with van der Waals surface area (Å²) in [6, 6.07) is 0. The molecular formula is C18H31N5O4. The number of hydrogen-bond acceptors (Lipinski definition) is 6. The van der Waals surface area contributed by atoms with E-state index >= 15 is 0 Å². The maximum atomic E-state index is 12.5. The van der Waals surface area contributed by atoms with E-state index in [2.05, 4.69) is 17.6 Å². The molecule has 3 fully saturated rings. The van der Waals surface area contributed by atoms with Crippen molar-refractivity contribution in [3.05, 3.63) is 0 Å². The van der Waals surface area contributed by atoms with Crippen molar-refractivity contribution in [2.24, 2.45) is 11.8 Å². The SMILES string of the molecule is CNCCC(C)CN1CC2N(CC1=O)C(=O)CN2C(=O)OCC1CCNC1. The average molecular weight is 381 g/mol. The van der Waals surface area contributed by atoms with Crippen molar-refractivity contribution in [2.45, 2.75) is 25.9 Å². The quantitative estimate of drug-likeness (QED) is 0.605. The van der Waals surface area contributed by atoms with Crippen LogP contribution in [0.25, 0.3) is 0 Å². The van der Waals surface area contributed by atoms with Crippen molar-refractivity contribution >= 4 is 17.9 Å². The highest BCUT2D eigenvalue weighted by Gasteiger charge is 2.46. The predicted molar refractivity (Wildman–Crippen MR) is 98.8 cm³/mol. The van der Waals surface area contributed by atoms with Crippen LogP contribution in [0.5, 0.6) is 0 Å². The van der Waals surface area contributed by atoms with Gasteiger partial charge in [-0.05, 0) is 38.9 Å². The average Bonchev–Trinajstić information content (AvgIpc) is 3.27. The largest absolute Gasteiger partial charge is 0.449 e. The van der Waals surface area contributed by atoms with E-state index in [1.54, 1.807) is 4.90 Å². The fourth-order valence-electron chi connectivity index (χ4n) is 3.96. The second-order valence-corrected chi connectivity index (χ2v) is 7.86. The molecule has 0 bridgehead atoms. The maximum Gasteiger partial charge on any atom is 0.411 e. The van der Waals surface area contributed by atoms with Crippen molar-refractivity contribution < 1.29 is 19.1 Å². The van der Waals surface area contributed by atoms with Crippen LogP contribution in [-0.2, 0) is 14.3 Å². The maximum absolute atomic E-state index is 12.5. The molecule has 152 valence electrons. The van der Waals surface area contributed by atoms with Crippen molar-refractivity contribution in [3.8, 4) is 0 Å². The lowest BCUT2D eigenvalue weighted by Gasteiger charge is -2.40. The number of ether oxygens (including phenoxy) is 1. The van der Waals surface area contributed by atoms with Crippen molar-refractivity contribution in [3.63, 3.8) is 0 Å². The van der Waals surface area contributed by atoms with Crippen LogP contribution in [0.15, 0.2) is 0 Å². The number of nitrogens with zero attached hydrogens (tertiary/aromatic N) is 3. The monoisotopic (exact) mass is 381 g/mol. The van der Waals surface area contributed by atoms with E-state index in [0.717, 1.165) is 32.5 Å². The minimum atomic E-state index is -0.458. The van der Waals surface area contributed by atoms with E-state index in [1.165, 1.54) is 9.80 Å². The normalized spacial score (nSPS) is 26.5. The first kappa shape index (κ1) is 19.9. The van der Waals surface area contributed by atoms with Gasteiger partial charge in [0.25, 0.3) is 0 Å². The molecule has 0 aromatic carbocycles. The van der Waals surface area contributed by atoms with E-state index in [9.17, 15) is 14.4 Å². The van der Waals surface area contributed by atoms with Gasteiger partial charge in [-0.1, -0.05) is 6.92 Å². The van der Waals surface area contributed by atoms with Crippen LogP contribution in [0.3, 0.4) is 0 Å². The van der Waals surface area contributed by atoms with Gasteiger partial charge in [0, 0.05) is 19.0 Å². The van der Waals surface area contributed by atoms with E-state index in [1.807, 2.05) is 7.05 Å². The lowest BCUT2D eigenvalue weighted by molar-refractivity contribution is -0.146. The molecule has 27 heavy (non-hydrogen) atoms. The molecule has 2 N–H and O–H groups in total. The predicted octanol–water partition coefficient (Wildman–Crippen LogP) is -0.709. The van der Waals surface area contributed by atoms with Crippen LogP contribution < -0.4 is 10.6 Å². The number of amides is 3.